The minimum Gasteiger partial charge on any atom is -0.452 e. The number of hydrogen-bond donors (Lipinski definition) is 1. The highest BCUT2D eigenvalue weighted by atomic mass is 79.9. The molecule has 0 unspecified atom stereocenters. The Hall–Kier alpha value is -2.15. The van der Waals surface area contributed by atoms with Gasteiger partial charge in [-0.15, -0.1) is 0 Å². The first-order valence-corrected chi connectivity index (χ1v) is 8.77. The van der Waals surface area contributed by atoms with Gasteiger partial charge in [0.1, 0.15) is 5.56 Å². The number of hydrogen-bond acceptors (Lipinski definition) is 5. The van der Waals surface area contributed by atoms with Crippen molar-refractivity contribution in [2.24, 2.45) is 0 Å². The van der Waals surface area contributed by atoms with Gasteiger partial charge in [-0.05, 0) is 31.5 Å². The average molecular weight is 409 g/mol. The molecule has 0 aliphatic rings. The van der Waals surface area contributed by atoms with E-state index >= 15 is 0 Å². The summed E-state index contributed by atoms with van der Waals surface area (Å²) in [6.07, 6.45) is 0. The summed E-state index contributed by atoms with van der Waals surface area (Å²) < 4.78 is 11.2. The largest absolute Gasteiger partial charge is 0.452 e. The molecule has 0 fully saturated rings. The smallest absolute Gasteiger partial charge is 0.344 e. The van der Waals surface area contributed by atoms with Crippen LogP contribution in [0, 0.1) is 6.92 Å². The number of halogens is 1. The van der Waals surface area contributed by atoms with Crippen molar-refractivity contribution < 1.29 is 18.8 Å². The fraction of sp³-hybridized carbons (Fsp3) is 0.389. The summed E-state index contributed by atoms with van der Waals surface area (Å²) in [5.74, 6) is -0.515. The van der Waals surface area contributed by atoms with Crippen molar-refractivity contribution >= 4 is 27.8 Å². The average Bonchev–Trinajstić information content (AvgIpc) is 2.95. The van der Waals surface area contributed by atoms with E-state index in [1.165, 1.54) is 0 Å². The lowest BCUT2D eigenvalue weighted by molar-refractivity contribution is -0.124. The fourth-order valence-corrected chi connectivity index (χ4v) is 2.62. The van der Waals surface area contributed by atoms with Crippen LogP contribution in [0.5, 0.6) is 0 Å². The minimum atomic E-state index is -0.603. The van der Waals surface area contributed by atoms with Gasteiger partial charge in [0.05, 0.1) is 11.7 Å². The second-order valence-corrected chi connectivity index (χ2v) is 6.99. The zero-order chi connectivity index (χ0) is 18.6. The molecule has 2 aromatic rings. The van der Waals surface area contributed by atoms with E-state index in [2.05, 4.69) is 26.4 Å². The summed E-state index contributed by atoms with van der Waals surface area (Å²) in [5.41, 5.74) is 1.71. The molecule has 25 heavy (non-hydrogen) atoms. The molecule has 1 atom stereocenters. The van der Waals surface area contributed by atoms with Gasteiger partial charge in [0, 0.05) is 10.4 Å². The van der Waals surface area contributed by atoms with E-state index in [9.17, 15) is 9.59 Å². The van der Waals surface area contributed by atoms with Gasteiger partial charge in [0.15, 0.2) is 12.4 Å². The Morgan fingerprint density at radius 3 is 2.48 bits per heavy atom. The number of esters is 1. The number of benzene rings is 1. The number of carbonyl (C=O) groups excluding carboxylic acids is 2. The van der Waals surface area contributed by atoms with Crippen molar-refractivity contribution in [1.29, 1.82) is 0 Å². The fourth-order valence-electron chi connectivity index (χ4n) is 2.35. The van der Waals surface area contributed by atoms with E-state index in [0.717, 1.165) is 10.0 Å². The van der Waals surface area contributed by atoms with E-state index in [0.29, 0.717) is 17.0 Å². The molecule has 0 saturated heterocycles. The lowest BCUT2D eigenvalue weighted by Crippen LogP contribution is -2.31. The first kappa shape index (κ1) is 19.2. The molecule has 0 spiro atoms. The van der Waals surface area contributed by atoms with Gasteiger partial charge in [-0.2, -0.15) is 0 Å². The standard InChI is InChI=1S/C18H21BrN2O4/c1-10(2)17-16(12(4)21-25-17)18(23)24-9-15(22)20-11(3)13-5-7-14(19)8-6-13/h5-8,10-11H,9H2,1-4H3,(H,20,22)/t11-/m1/s1. The van der Waals surface area contributed by atoms with E-state index in [4.69, 9.17) is 9.26 Å². The highest BCUT2D eigenvalue weighted by Crippen LogP contribution is 2.23. The highest BCUT2D eigenvalue weighted by Gasteiger charge is 2.24. The summed E-state index contributed by atoms with van der Waals surface area (Å²) in [6.45, 7) is 6.96. The Morgan fingerprint density at radius 2 is 1.88 bits per heavy atom. The van der Waals surface area contributed by atoms with Crippen LogP contribution in [0.4, 0.5) is 0 Å². The first-order valence-electron chi connectivity index (χ1n) is 7.97. The number of aromatic nitrogens is 1. The number of carbonyl (C=O) groups is 2. The van der Waals surface area contributed by atoms with Gasteiger partial charge >= 0.3 is 5.97 Å². The number of rotatable bonds is 6. The van der Waals surface area contributed by atoms with Crippen molar-refractivity contribution in [2.45, 2.75) is 39.7 Å². The first-order chi connectivity index (χ1) is 11.8. The Morgan fingerprint density at radius 1 is 1.24 bits per heavy atom. The third-order valence-electron chi connectivity index (χ3n) is 3.70. The molecule has 2 rings (SSSR count). The summed E-state index contributed by atoms with van der Waals surface area (Å²) in [7, 11) is 0. The van der Waals surface area contributed by atoms with Crippen molar-refractivity contribution in [3.05, 3.63) is 51.3 Å². The molecule has 1 aromatic heterocycles. The highest BCUT2D eigenvalue weighted by molar-refractivity contribution is 9.10. The topological polar surface area (TPSA) is 81.4 Å². The van der Waals surface area contributed by atoms with Crippen LogP contribution in [-0.2, 0) is 9.53 Å². The molecule has 7 heteroatoms. The summed E-state index contributed by atoms with van der Waals surface area (Å²) in [4.78, 5) is 24.3. The Balaban J connectivity index is 1.92. The number of amides is 1. The van der Waals surface area contributed by atoms with Crippen LogP contribution in [0.15, 0.2) is 33.3 Å². The van der Waals surface area contributed by atoms with Crippen LogP contribution in [0.1, 0.15) is 60.1 Å². The SMILES string of the molecule is Cc1noc(C(C)C)c1C(=O)OCC(=O)N[C@H](C)c1ccc(Br)cc1. The number of ether oxygens (including phenoxy) is 1. The molecular weight excluding hydrogens is 388 g/mol. The van der Waals surface area contributed by atoms with E-state index in [1.807, 2.05) is 45.0 Å². The van der Waals surface area contributed by atoms with E-state index in [-0.39, 0.29) is 24.5 Å². The van der Waals surface area contributed by atoms with Crippen LogP contribution in [0.2, 0.25) is 0 Å². The zero-order valence-electron chi connectivity index (χ0n) is 14.6. The monoisotopic (exact) mass is 408 g/mol. The Kier molecular flexibility index (Phi) is 6.36. The second kappa shape index (κ2) is 8.29. The quantitative estimate of drug-likeness (QED) is 0.732. The molecule has 1 heterocycles. The lowest BCUT2D eigenvalue weighted by atomic mass is 10.1. The van der Waals surface area contributed by atoms with Gasteiger partial charge < -0.3 is 14.6 Å². The van der Waals surface area contributed by atoms with Gasteiger partial charge in [0.2, 0.25) is 0 Å². The molecule has 1 amide bonds. The molecule has 1 aromatic carbocycles. The van der Waals surface area contributed by atoms with Crippen LogP contribution in [0.3, 0.4) is 0 Å². The van der Waals surface area contributed by atoms with Gasteiger partial charge in [-0.3, -0.25) is 4.79 Å². The van der Waals surface area contributed by atoms with Gasteiger partial charge in [-0.25, -0.2) is 4.79 Å². The molecular formula is C18H21BrN2O4. The summed E-state index contributed by atoms with van der Waals surface area (Å²) in [5, 5.41) is 6.60. The molecule has 0 bridgehead atoms. The van der Waals surface area contributed by atoms with E-state index in [1.54, 1.807) is 6.92 Å². The lowest BCUT2D eigenvalue weighted by Gasteiger charge is -2.14. The predicted octanol–water partition coefficient (Wildman–Crippen LogP) is 3.90. The molecule has 6 nitrogen and oxygen atoms in total. The molecule has 1 N–H and O–H groups in total. The van der Waals surface area contributed by atoms with Crippen molar-refractivity contribution in [3.8, 4) is 0 Å². The normalized spacial score (nSPS) is 12.1. The molecule has 134 valence electrons. The third kappa shape index (κ3) is 4.92. The zero-order valence-corrected chi connectivity index (χ0v) is 16.2. The predicted molar refractivity (Wildman–Crippen MR) is 96.3 cm³/mol. The van der Waals surface area contributed by atoms with Gasteiger partial charge in [0.25, 0.3) is 5.91 Å². The van der Waals surface area contributed by atoms with Crippen LogP contribution >= 0.6 is 15.9 Å². The van der Waals surface area contributed by atoms with E-state index < -0.39 is 5.97 Å². The summed E-state index contributed by atoms with van der Waals surface area (Å²) in [6, 6.07) is 7.44. The number of nitrogens with one attached hydrogen (secondary N) is 1. The summed E-state index contributed by atoms with van der Waals surface area (Å²) >= 11 is 3.37. The minimum absolute atomic E-state index is 0.00463. The van der Waals surface area contributed by atoms with Gasteiger partial charge in [-0.1, -0.05) is 47.1 Å². The maximum atomic E-state index is 12.2. The molecule has 0 radical (unpaired) electrons. The van der Waals surface area contributed by atoms with Crippen molar-refractivity contribution in [1.82, 2.24) is 10.5 Å². The maximum absolute atomic E-state index is 12.2. The third-order valence-corrected chi connectivity index (χ3v) is 4.23. The van der Waals surface area contributed by atoms with Crippen molar-refractivity contribution in [2.75, 3.05) is 6.61 Å². The Labute approximate surface area is 155 Å². The molecule has 0 aliphatic heterocycles. The molecule has 0 saturated carbocycles. The second-order valence-electron chi connectivity index (χ2n) is 6.08. The van der Waals surface area contributed by atoms with Crippen LogP contribution in [0.25, 0.3) is 0 Å². The van der Waals surface area contributed by atoms with Crippen LogP contribution in [-0.4, -0.2) is 23.6 Å². The Bertz CT molecular complexity index is 753. The number of nitrogens with zero attached hydrogens (tertiary/aromatic N) is 1. The maximum Gasteiger partial charge on any atom is 0.344 e. The number of aryl methyl sites for hydroxylation is 1. The van der Waals surface area contributed by atoms with Crippen molar-refractivity contribution in [3.63, 3.8) is 0 Å². The van der Waals surface area contributed by atoms with Crippen LogP contribution < -0.4 is 5.32 Å². The molecule has 0 aliphatic carbocycles.